The molecule has 1 aliphatic heterocycles. The molecule has 0 saturated heterocycles. The molecule has 156 valence electrons. The summed E-state index contributed by atoms with van der Waals surface area (Å²) < 4.78 is 5.64. The fourth-order valence-corrected chi connectivity index (χ4v) is 3.98. The summed E-state index contributed by atoms with van der Waals surface area (Å²) in [4.78, 5) is 38.6. The van der Waals surface area contributed by atoms with Crippen LogP contribution < -0.4 is 5.32 Å². The summed E-state index contributed by atoms with van der Waals surface area (Å²) in [5.74, 6) is -0.821. The first-order valence-corrected chi connectivity index (χ1v) is 10.4. The number of carbonyl (C=O) groups excluding carboxylic acids is 3. The molecular weight excluding hydrogens is 448 g/mol. The predicted molar refractivity (Wildman–Crippen MR) is 117 cm³/mol. The Hall–Kier alpha value is -2.93. The molecule has 0 bridgehead atoms. The van der Waals surface area contributed by atoms with E-state index < -0.39 is 18.1 Å². The van der Waals surface area contributed by atoms with Crippen molar-refractivity contribution in [3.8, 4) is 0 Å². The van der Waals surface area contributed by atoms with E-state index in [9.17, 15) is 14.4 Å². The average molecular weight is 471 g/mol. The molecule has 0 aliphatic carbocycles. The van der Waals surface area contributed by atoms with E-state index in [2.05, 4.69) is 21.2 Å². The van der Waals surface area contributed by atoms with Gasteiger partial charge in [-0.1, -0.05) is 52.3 Å². The molecule has 2 unspecified atom stereocenters. The lowest BCUT2D eigenvalue weighted by Crippen LogP contribution is -2.37. The van der Waals surface area contributed by atoms with Crippen LogP contribution in [0.1, 0.15) is 48.5 Å². The van der Waals surface area contributed by atoms with Crippen molar-refractivity contribution in [2.45, 2.75) is 31.8 Å². The van der Waals surface area contributed by atoms with Crippen LogP contribution in [0.4, 0.5) is 0 Å². The molecule has 2 aromatic carbocycles. The van der Waals surface area contributed by atoms with E-state index in [4.69, 9.17) is 4.74 Å². The van der Waals surface area contributed by atoms with Gasteiger partial charge in [0.15, 0.2) is 0 Å². The Kier molecular flexibility index (Phi) is 7.05. The molecular formula is C23H23BrN2O4. The van der Waals surface area contributed by atoms with E-state index in [0.717, 1.165) is 21.2 Å². The fraction of sp³-hybridized carbons (Fsp3) is 0.261. The van der Waals surface area contributed by atoms with Gasteiger partial charge in [0.05, 0.1) is 32.0 Å². The van der Waals surface area contributed by atoms with Crippen molar-refractivity contribution in [1.82, 2.24) is 10.2 Å². The lowest BCUT2D eigenvalue weighted by molar-refractivity contribution is -0.141. The minimum absolute atomic E-state index is 0.0102. The molecule has 0 radical (unpaired) electrons. The number of halogens is 1. The van der Waals surface area contributed by atoms with Crippen LogP contribution >= 0.6 is 15.9 Å². The number of nitrogens with one attached hydrogen (secondary N) is 1. The number of nitrogens with zero attached hydrogens (tertiary/aromatic N) is 1. The topological polar surface area (TPSA) is 75.7 Å². The molecule has 7 heteroatoms. The largest absolute Gasteiger partial charge is 0.469 e. The van der Waals surface area contributed by atoms with Gasteiger partial charge in [-0.15, -0.1) is 0 Å². The van der Waals surface area contributed by atoms with Crippen molar-refractivity contribution < 1.29 is 19.1 Å². The zero-order valence-corrected chi connectivity index (χ0v) is 18.4. The van der Waals surface area contributed by atoms with E-state index in [0.29, 0.717) is 0 Å². The summed E-state index contributed by atoms with van der Waals surface area (Å²) in [5.41, 5.74) is 2.68. The van der Waals surface area contributed by atoms with E-state index in [1.807, 2.05) is 54.6 Å². The summed E-state index contributed by atoms with van der Waals surface area (Å²) in [6.45, 7) is 1.48. The van der Waals surface area contributed by atoms with Crippen LogP contribution in [0, 0.1) is 0 Å². The maximum Gasteiger partial charge on any atom is 0.307 e. The second kappa shape index (κ2) is 9.71. The van der Waals surface area contributed by atoms with Crippen molar-refractivity contribution in [2.24, 2.45) is 0 Å². The maximum atomic E-state index is 13.0. The summed E-state index contributed by atoms with van der Waals surface area (Å²) in [5, 5.41) is 2.94. The molecule has 2 aromatic rings. The Morgan fingerprint density at radius 1 is 1.17 bits per heavy atom. The van der Waals surface area contributed by atoms with Gasteiger partial charge in [0.1, 0.15) is 0 Å². The molecule has 1 N–H and O–H groups in total. The number of carbonyl (C=O) groups is 3. The number of fused-ring (bicyclic) bond motifs is 1. The van der Waals surface area contributed by atoms with Gasteiger partial charge in [-0.25, -0.2) is 0 Å². The first kappa shape index (κ1) is 21.8. The van der Waals surface area contributed by atoms with Gasteiger partial charge in [0.2, 0.25) is 11.8 Å². The monoisotopic (exact) mass is 470 g/mol. The van der Waals surface area contributed by atoms with Gasteiger partial charge >= 0.3 is 5.97 Å². The zero-order chi connectivity index (χ0) is 21.7. The van der Waals surface area contributed by atoms with Gasteiger partial charge in [-0.05, 0) is 34.9 Å². The second-order valence-corrected chi connectivity index (χ2v) is 7.96. The van der Waals surface area contributed by atoms with Gasteiger partial charge < -0.3 is 15.0 Å². The molecule has 3 rings (SSSR count). The fourth-order valence-electron chi connectivity index (χ4n) is 3.57. The lowest BCUT2D eigenvalue weighted by atomic mass is 9.93. The predicted octanol–water partition coefficient (Wildman–Crippen LogP) is 4.13. The SMILES string of the molecule is COC(=O)CC(NC(=O)CC1c2ccccc2C=CN1C(C)=O)c1cccc(Br)c1. The van der Waals surface area contributed by atoms with Crippen LogP contribution in [-0.2, 0) is 19.1 Å². The van der Waals surface area contributed by atoms with Gasteiger partial charge in [0, 0.05) is 17.6 Å². The van der Waals surface area contributed by atoms with E-state index >= 15 is 0 Å². The Morgan fingerprint density at radius 3 is 2.63 bits per heavy atom. The minimum atomic E-state index is -0.539. The molecule has 1 heterocycles. The number of rotatable bonds is 6. The Bertz CT molecular complexity index is 989. The number of ether oxygens (including phenoxy) is 1. The number of benzene rings is 2. The van der Waals surface area contributed by atoms with Crippen molar-refractivity contribution in [3.05, 3.63) is 75.9 Å². The molecule has 1 aliphatic rings. The third kappa shape index (κ3) is 5.16. The summed E-state index contributed by atoms with van der Waals surface area (Å²) in [6.07, 6.45) is 3.67. The third-order valence-electron chi connectivity index (χ3n) is 5.03. The quantitative estimate of drug-likeness (QED) is 0.643. The molecule has 30 heavy (non-hydrogen) atoms. The van der Waals surface area contributed by atoms with Crippen LogP contribution in [0.2, 0.25) is 0 Å². The lowest BCUT2D eigenvalue weighted by Gasteiger charge is -2.32. The van der Waals surface area contributed by atoms with Crippen molar-refractivity contribution in [3.63, 3.8) is 0 Å². The van der Waals surface area contributed by atoms with E-state index in [1.165, 1.54) is 14.0 Å². The van der Waals surface area contributed by atoms with Gasteiger partial charge in [0.25, 0.3) is 0 Å². The first-order valence-electron chi connectivity index (χ1n) is 9.56. The summed E-state index contributed by atoms with van der Waals surface area (Å²) in [7, 11) is 1.32. The smallest absolute Gasteiger partial charge is 0.307 e. The molecule has 6 nitrogen and oxygen atoms in total. The molecule has 0 spiro atoms. The highest BCUT2D eigenvalue weighted by Crippen LogP contribution is 2.33. The first-order chi connectivity index (χ1) is 14.4. The van der Waals surface area contributed by atoms with Crippen LogP contribution in [-0.4, -0.2) is 29.8 Å². The van der Waals surface area contributed by atoms with Gasteiger partial charge in [-0.3, -0.25) is 14.4 Å². The van der Waals surface area contributed by atoms with Crippen LogP contribution in [0.25, 0.3) is 6.08 Å². The van der Waals surface area contributed by atoms with Crippen molar-refractivity contribution in [2.75, 3.05) is 7.11 Å². The number of amides is 2. The number of hydrogen-bond acceptors (Lipinski definition) is 4. The van der Waals surface area contributed by atoms with Gasteiger partial charge in [-0.2, -0.15) is 0 Å². The third-order valence-corrected chi connectivity index (χ3v) is 5.53. The van der Waals surface area contributed by atoms with Crippen molar-refractivity contribution in [1.29, 1.82) is 0 Å². The standard InChI is InChI=1S/C23H23BrN2O4/c1-15(27)26-11-10-16-6-3-4-9-19(16)21(26)14-22(28)25-20(13-23(29)30-2)17-7-5-8-18(24)12-17/h3-12,20-21H,13-14H2,1-2H3,(H,25,28). The summed E-state index contributed by atoms with van der Waals surface area (Å²) in [6, 6.07) is 14.2. The normalized spacial score (nSPS) is 15.8. The van der Waals surface area contributed by atoms with Crippen LogP contribution in [0.15, 0.2) is 59.2 Å². The molecule has 2 atom stereocenters. The zero-order valence-electron chi connectivity index (χ0n) is 16.8. The van der Waals surface area contributed by atoms with Crippen molar-refractivity contribution >= 4 is 39.8 Å². The number of esters is 1. The number of hydrogen-bond donors (Lipinski definition) is 1. The molecule has 0 fully saturated rings. The summed E-state index contributed by atoms with van der Waals surface area (Å²) >= 11 is 3.42. The second-order valence-electron chi connectivity index (χ2n) is 7.05. The highest BCUT2D eigenvalue weighted by molar-refractivity contribution is 9.10. The maximum absolute atomic E-state index is 13.0. The Balaban J connectivity index is 1.82. The number of methoxy groups -OCH3 is 1. The average Bonchev–Trinajstić information content (AvgIpc) is 2.73. The molecule has 0 aromatic heterocycles. The molecule has 0 saturated carbocycles. The Labute approximate surface area is 184 Å². The van der Waals surface area contributed by atoms with Crippen LogP contribution in [0.5, 0.6) is 0 Å². The van der Waals surface area contributed by atoms with Crippen LogP contribution in [0.3, 0.4) is 0 Å². The van der Waals surface area contributed by atoms with E-state index in [1.54, 1.807) is 11.1 Å². The minimum Gasteiger partial charge on any atom is -0.469 e. The van der Waals surface area contributed by atoms with E-state index in [-0.39, 0.29) is 24.7 Å². The highest BCUT2D eigenvalue weighted by atomic mass is 79.9. The highest BCUT2D eigenvalue weighted by Gasteiger charge is 2.29. The Morgan fingerprint density at radius 2 is 1.93 bits per heavy atom. The molecule has 2 amide bonds.